The van der Waals surface area contributed by atoms with E-state index in [2.05, 4.69) is 34.5 Å². The normalized spacial score (nSPS) is 19.1. The molecule has 1 fully saturated rings. The molecule has 0 radical (unpaired) electrons. The van der Waals surface area contributed by atoms with Crippen LogP contribution in [0.25, 0.3) is 33.6 Å². The minimum atomic E-state index is -1.35. The van der Waals surface area contributed by atoms with Crippen molar-refractivity contribution < 1.29 is 18.5 Å². The monoisotopic (exact) mass is 662 g/mol. The lowest BCUT2D eigenvalue weighted by atomic mass is 9.94. The number of para-hydroxylation sites is 1. The van der Waals surface area contributed by atoms with E-state index in [1.54, 1.807) is 0 Å². The smallest absolute Gasteiger partial charge is 0.270 e. The number of aliphatic hydroxyl groups excluding tert-OH is 1. The van der Waals surface area contributed by atoms with Crippen LogP contribution in [0.15, 0.2) is 95.4 Å². The molecule has 1 saturated heterocycles. The van der Waals surface area contributed by atoms with Gasteiger partial charge in [0.1, 0.15) is 28.0 Å². The Hall–Kier alpha value is -4.15. The molecular weight excluding hydrogens is 621 g/mol. The van der Waals surface area contributed by atoms with Crippen LogP contribution in [0.3, 0.4) is 0 Å². The molecule has 4 heterocycles. The molecule has 8 nitrogen and oxygen atoms in total. The highest BCUT2D eigenvalue weighted by Crippen LogP contribution is 2.44. The van der Waals surface area contributed by atoms with Gasteiger partial charge in [-0.2, -0.15) is 0 Å². The molecule has 1 amide bonds. The second kappa shape index (κ2) is 13.4. The van der Waals surface area contributed by atoms with E-state index < -0.39 is 15.7 Å². The second-order valence-electron chi connectivity index (χ2n) is 13.8. The quantitative estimate of drug-likeness (QED) is 0.179. The van der Waals surface area contributed by atoms with Gasteiger partial charge in [-0.1, -0.05) is 66.7 Å². The van der Waals surface area contributed by atoms with Crippen molar-refractivity contribution in [1.29, 1.82) is 0 Å². The fraction of sp³-hybridized carbons (Fsp3) is 0.333. The predicted octanol–water partition coefficient (Wildman–Crippen LogP) is 6.87. The summed E-state index contributed by atoms with van der Waals surface area (Å²) in [5.41, 5.74) is 6.63. The molecule has 3 atom stereocenters. The highest BCUT2D eigenvalue weighted by atomic mass is 32.2. The lowest BCUT2D eigenvalue weighted by Gasteiger charge is -2.30. The average Bonchev–Trinajstić information content (AvgIpc) is 3.81. The number of nitrogens with zero attached hydrogens (tertiary/aromatic N) is 3. The van der Waals surface area contributed by atoms with Gasteiger partial charge < -0.3 is 14.8 Å². The second-order valence-corrected chi connectivity index (χ2v) is 16.0. The van der Waals surface area contributed by atoms with E-state index in [4.69, 9.17) is 9.40 Å². The number of rotatable bonds is 9. The Kier molecular flexibility index (Phi) is 9.04. The van der Waals surface area contributed by atoms with Gasteiger partial charge in [-0.25, -0.2) is 13.5 Å². The van der Waals surface area contributed by atoms with Gasteiger partial charge in [0.2, 0.25) is 0 Å². The van der Waals surface area contributed by atoms with Gasteiger partial charge in [0.05, 0.1) is 16.5 Å². The summed E-state index contributed by atoms with van der Waals surface area (Å²) in [4.78, 5) is 21.3. The molecule has 1 unspecified atom stereocenters. The molecule has 7 rings (SSSR count). The van der Waals surface area contributed by atoms with E-state index in [1.807, 2.05) is 91.8 Å². The molecule has 248 valence electrons. The largest absolute Gasteiger partial charge is 0.456 e. The number of likely N-dealkylation sites (tertiary alicyclic amines) is 1. The Morgan fingerprint density at radius 1 is 1.00 bits per heavy atom. The molecule has 0 saturated carbocycles. The van der Waals surface area contributed by atoms with E-state index in [0.29, 0.717) is 24.4 Å². The van der Waals surface area contributed by atoms with Gasteiger partial charge in [-0.05, 0) is 69.0 Å². The molecule has 9 heteroatoms. The van der Waals surface area contributed by atoms with Crippen molar-refractivity contribution in [3.63, 3.8) is 0 Å². The maximum Gasteiger partial charge on any atom is 0.270 e. The third-order valence-electron chi connectivity index (χ3n) is 9.23. The van der Waals surface area contributed by atoms with Gasteiger partial charge in [-0.15, -0.1) is 0 Å². The first kappa shape index (κ1) is 32.4. The molecule has 5 aromatic rings. The Morgan fingerprint density at radius 2 is 1.77 bits per heavy atom. The first-order valence-electron chi connectivity index (χ1n) is 16.7. The van der Waals surface area contributed by atoms with Gasteiger partial charge in [0, 0.05) is 60.9 Å². The summed E-state index contributed by atoms with van der Waals surface area (Å²) in [6, 6.07) is 29.9. The van der Waals surface area contributed by atoms with Crippen LogP contribution in [-0.2, 0) is 24.1 Å². The van der Waals surface area contributed by atoms with Crippen molar-refractivity contribution in [2.45, 2.75) is 63.5 Å². The van der Waals surface area contributed by atoms with Gasteiger partial charge >= 0.3 is 0 Å². The van der Waals surface area contributed by atoms with Crippen LogP contribution in [-0.4, -0.2) is 59.9 Å². The topological polar surface area (TPSA) is 98.9 Å². The number of amides is 1. The number of hydrogen-bond donors (Lipinski definition) is 2. The van der Waals surface area contributed by atoms with Crippen LogP contribution in [0.4, 0.5) is 0 Å². The number of pyridine rings is 1. The number of carbonyl (C=O) groups excluding carboxylic acids is 1. The number of hydrogen-bond acceptors (Lipinski definition) is 6. The summed E-state index contributed by atoms with van der Waals surface area (Å²) >= 11 is 0. The summed E-state index contributed by atoms with van der Waals surface area (Å²) in [7, 11) is -1.35. The predicted molar refractivity (Wildman–Crippen MR) is 190 cm³/mol. The van der Waals surface area contributed by atoms with E-state index in [-0.39, 0.29) is 24.6 Å². The Labute approximate surface area is 284 Å². The zero-order valence-electron chi connectivity index (χ0n) is 27.7. The van der Waals surface area contributed by atoms with Crippen LogP contribution in [0.2, 0.25) is 0 Å². The SMILES string of the molecule is CC(C)(C)S(=O)N1Cc2cc(C(=O)N[C@@H]3CCN(Cc4ccccc4)C3)nc(-c3cccc(-c4cc5ccccc5o4)c3)c2[C@@H]1CCO. The summed E-state index contributed by atoms with van der Waals surface area (Å²) < 4.78 is 21.5. The van der Waals surface area contributed by atoms with E-state index in [9.17, 15) is 14.1 Å². The van der Waals surface area contributed by atoms with Crippen LogP contribution < -0.4 is 5.32 Å². The molecule has 0 aliphatic carbocycles. The number of aliphatic hydroxyl groups is 1. The number of aromatic nitrogens is 1. The number of benzene rings is 3. The third-order valence-corrected chi connectivity index (χ3v) is 11.1. The van der Waals surface area contributed by atoms with Crippen LogP contribution in [0.5, 0.6) is 0 Å². The van der Waals surface area contributed by atoms with Gasteiger partial charge in [0.15, 0.2) is 0 Å². The molecule has 2 aliphatic heterocycles. The highest BCUT2D eigenvalue weighted by Gasteiger charge is 2.40. The average molecular weight is 663 g/mol. The van der Waals surface area contributed by atoms with Crippen LogP contribution >= 0.6 is 0 Å². The Bertz CT molecular complexity index is 1940. The van der Waals surface area contributed by atoms with Crippen LogP contribution in [0, 0.1) is 0 Å². The lowest BCUT2D eigenvalue weighted by molar-refractivity contribution is 0.0932. The minimum Gasteiger partial charge on any atom is -0.456 e. The van der Waals surface area contributed by atoms with Crippen molar-refractivity contribution in [3.05, 3.63) is 113 Å². The molecule has 0 spiro atoms. The molecule has 2 aromatic heterocycles. The summed E-state index contributed by atoms with van der Waals surface area (Å²) in [5, 5.41) is 14.4. The Morgan fingerprint density at radius 3 is 2.54 bits per heavy atom. The third kappa shape index (κ3) is 6.60. The maximum absolute atomic E-state index is 13.9. The zero-order chi connectivity index (χ0) is 33.4. The molecule has 2 N–H and O–H groups in total. The first-order valence-corrected chi connectivity index (χ1v) is 17.8. The van der Waals surface area contributed by atoms with Crippen molar-refractivity contribution >= 4 is 27.9 Å². The zero-order valence-corrected chi connectivity index (χ0v) is 28.5. The van der Waals surface area contributed by atoms with E-state index >= 15 is 0 Å². The minimum absolute atomic E-state index is 0.0168. The fourth-order valence-corrected chi connectivity index (χ4v) is 8.35. The van der Waals surface area contributed by atoms with E-state index in [1.165, 1.54) is 5.56 Å². The summed E-state index contributed by atoms with van der Waals surface area (Å²) in [5.74, 6) is 0.528. The molecule has 2 aliphatic rings. The number of fused-ring (bicyclic) bond motifs is 2. The van der Waals surface area contributed by atoms with Crippen LogP contribution in [0.1, 0.15) is 66.8 Å². The fourth-order valence-electron chi connectivity index (χ4n) is 6.94. The summed E-state index contributed by atoms with van der Waals surface area (Å²) in [6.45, 7) is 8.74. The van der Waals surface area contributed by atoms with Gasteiger partial charge in [0.25, 0.3) is 5.91 Å². The molecule has 3 aromatic carbocycles. The number of carbonyl (C=O) groups is 1. The molecular formula is C39H42N4O4S. The van der Waals surface area contributed by atoms with E-state index in [0.717, 1.165) is 65.0 Å². The highest BCUT2D eigenvalue weighted by molar-refractivity contribution is 7.84. The number of nitrogens with one attached hydrogen (secondary N) is 1. The molecule has 48 heavy (non-hydrogen) atoms. The summed E-state index contributed by atoms with van der Waals surface area (Å²) in [6.07, 6.45) is 1.27. The van der Waals surface area contributed by atoms with Crippen molar-refractivity contribution in [1.82, 2.24) is 19.5 Å². The van der Waals surface area contributed by atoms with Crippen molar-refractivity contribution in [3.8, 4) is 22.6 Å². The lowest BCUT2D eigenvalue weighted by Crippen LogP contribution is -2.37. The van der Waals surface area contributed by atoms with Gasteiger partial charge in [-0.3, -0.25) is 9.69 Å². The maximum atomic E-state index is 13.9. The standard InChI is InChI=1S/C39H42N4O4S/c1-39(2,3)48(46)43-24-30-21-32(38(45)40-31-16-18-42(25-31)23-26-10-5-4-6-11-26)41-37(36(30)33(43)17-19-44)29-14-9-13-27(20-29)35-22-28-12-7-8-15-34(28)47-35/h4-15,20-22,31,33,44H,16-19,23-25H2,1-3H3,(H,40,45)/t31-,33+,48?/m1/s1. The molecule has 0 bridgehead atoms. The van der Waals surface area contributed by atoms with Crippen molar-refractivity contribution in [2.24, 2.45) is 0 Å². The van der Waals surface area contributed by atoms with Crippen molar-refractivity contribution in [2.75, 3.05) is 19.7 Å². The first-order chi connectivity index (χ1) is 23.2. The Balaban J connectivity index is 1.24. The number of furan rings is 1.